The zero-order chi connectivity index (χ0) is 4.50. The second-order valence-corrected chi connectivity index (χ2v) is 3.28. The Hall–Kier alpha value is 0.0969. The van der Waals surface area contributed by atoms with E-state index in [4.69, 9.17) is 9.59 Å². The molecule has 0 aliphatic rings. The quantitative estimate of drug-likeness (QED) is 0.319. The monoisotopic (exact) mass is 93.0 g/mol. The highest BCUT2D eigenvalue weighted by Crippen LogP contribution is 1.69. The predicted molar refractivity (Wildman–Crippen MR) is 20.2 cm³/mol. The van der Waals surface area contributed by atoms with Crippen LogP contribution >= 0.6 is 0 Å². The van der Waals surface area contributed by atoms with E-state index in [-0.39, 0.29) is 0 Å². The molecule has 4 heteroatoms. The summed E-state index contributed by atoms with van der Waals surface area (Å²) >= 11 is 0. The summed E-state index contributed by atoms with van der Waals surface area (Å²) in [6, 6.07) is 0. The Bertz CT molecular complexity index is 25.1. The largest absolute Gasteiger partial charge is 0.413 e. The molecule has 0 aliphatic carbocycles. The molecule has 4 N–H and O–H groups in total. The lowest BCUT2D eigenvalue weighted by Gasteiger charge is -1.97. The first kappa shape index (κ1) is 5.10. The van der Waals surface area contributed by atoms with Crippen LogP contribution in [0.4, 0.5) is 0 Å². The van der Waals surface area contributed by atoms with Gasteiger partial charge in [0.25, 0.3) is 0 Å². The van der Waals surface area contributed by atoms with Gasteiger partial charge >= 0.3 is 8.72 Å². The number of hydrogen-bond donors (Lipinski definition) is 3. The lowest BCUT2D eigenvalue weighted by molar-refractivity contribution is 0.373. The Morgan fingerprint density at radius 1 is 1.60 bits per heavy atom. The molecule has 0 aromatic heterocycles. The van der Waals surface area contributed by atoms with Gasteiger partial charge in [0.1, 0.15) is 0 Å². The maximum absolute atomic E-state index is 7.99. The number of rotatable bonds is 0. The maximum atomic E-state index is 7.99. The fraction of sp³-hybridized carbons (Fsp3) is 1.00. The fourth-order valence-corrected chi connectivity index (χ4v) is 0. The summed E-state index contributed by atoms with van der Waals surface area (Å²) in [6.07, 6.45) is 0. The van der Waals surface area contributed by atoms with Gasteiger partial charge in [-0.05, 0) is 6.55 Å². The summed E-state index contributed by atoms with van der Waals surface area (Å²) in [5.41, 5.74) is 0. The molecular formula is CH7NO2Si. The van der Waals surface area contributed by atoms with Crippen molar-refractivity contribution in [2.24, 2.45) is 5.40 Å². The van der Waals surface area contributed by atoms with Crippen molar-refractivity contribution < 1.29 is 9.59 Å². The minimum Gasteiger partial charge on any atom is -0.399 e. The molecule has 0 rings (SSSR count). The van der Waals surface area contributed by atoms with Crippen LogP contribution in [0.25, 0.3) is 0 Å². The van der Waals surface area contributed by atoms with E-state index >= 15 is 0 Å². The van der Waals surface area contributed by atoms with Crippen LogP contribution < -0.4 is 5.40 Å². The molecule has 3 nitrogen and oxygen atoms in total. The van der Waals surface area contributed by atoms with Crippen LogP contribution in [0.2, 0.25) is 6.55 Å². The fourth-order valence-electron chi connectivity index (χ4n) is 0. The first-order valence-corrected chi connectivity index (χ1v) is 3.71. The molecule has 0 spiro atoms. The summed E-state index contributed by atoms with van der Waals surface area (Å²) in [5, 5.41) is 4.60. The lowest BCUT2D eigenvalue weighted by Crippen LogP contribution is -2.42. The van der Waals surface area contributed by atoms with E-state index in [9.17, 15) is 0 Å². The van der Waals surface area contributed by atoms with Crippen molar-refractivity contribution in [3.05, 3.63) is 0 Å². The molecule has 0 fully saturated rings. The van der Waals surface area contributed by atoms with Crippen molar-refractivity contribution >= 4 is 8.72 Å². The number of nitrogens with two attached hydrogens (primary N) is 1. The molecule has 0 amide bonds. The molecule has 32 valence electrons. The highest BCUT2D eigenvalue weighted by Gasteiger charge is 2.10. The average molecular weight is 93.2 g/mol. The third kappa shape index (κ3) is 1920. The maximum Gasteiger partial charge on any atom is 0.413 e. The molecule has 0 atom stereocenters. The molecular weight excluding hydrogens is 86.1 g/mol. The molecule has 5 heavy (non-hydrogen) atoms. The minimum absolute atomic E-state index is 1.22. The van der Waals surface area contributed by atoms with Crippen LogP contribution in [0.15, 0.2) is 0 Å². The van der Waals surface area contributed by atoms with Gasteiger partial charge in [-0.3, -0.25) is 0 Å². The molecule has 0 bridgehead atoms. The van der Waals surface area contributed by atoms with Crippen LogP contribution in [0.1, 0.15) is 0 Å². The standard InChI is InChI=1S/CH7NO2Si/c1-5(2,3)4/h3-4H,2H2,1H3. The Balaban J connectivity index is 3.02. The van der Waals surface area contributed by atoms with E-state index in [1.165, 1.54) is 6.55 Å². The Morgan fingerprint density at radius 3 is 1.60 bits per heavy atom. The van der Waals surface area contributed by atoms with Gasteiger partial charge in [-0.2, -0.15) is 0 Å². The second kappa shape index (κ2) is 1.06. The minimum atomic E-state index is -3.11. The average Bonchev–Trinajstić information content (AvgIpc) is 0.722. The van der Waals surface area contributed by atoms with Crippen LogP contribution in [0, 0.1) is 0 Å². The Kier molecular flexibility index (Phi) is 1.08. The van der Waals surface area contributed by atoms with Gasteiger partial charge < -0.3 is 15.0 Å². The molecule has 0 unspecified atom stereocenters. The van der Waals surface area contributed by atoms with E-state index in [0.29, 0.717) is 0 Å². The Labute approximate surface area is 31.4 Å². The zero-order valence-corrected chi connectivity index (χ0v) is 3.97. The summed E-state index contributed by atoms with van der Waals surface area (Å²) < 4.78 is 0. The molecule has 0 aromatic carbocycles. The van der Waals surface area contributed by atoms with Crippen molar-refractivity contribution in [3.63, 3.8) is 0 Å². The third-order valence-corrected chi connectivity index (χ3v) is 0. The SMILES string of the molecule is C[Si](N)(O)O. The van der Waals surface area contributed by atoms with Gasteiger partial charge in [0.2, 0.25) is 0 Å². The lowest BCUT2D eigenvalue weighted by atomic mass is 11.9. The summed E-state index contributed by atoms with van der Waals surface area (Å²) in [5.74, 6) is 0. The summed E-state index contributed by atoms with van der Waals surface area (Å²) in [7, 11) is -3.11. The second-order valence-electron chi connectivity index (χ2n) is 1.09. The van der Waals surface area contributed by atoms with Gasteiger partial charge in [0.15, 0.2) is 0 Å². The van der Waals surface area contributed by atoms with E-state index in [1.807, 2.05) is 0 Å². The van der Waals surface area contributed by atoms with E-state index in [1.54, 1.807) is 0 Å². The van der Waals surface area contributed by atoms with Gasteiger partial charge in [-0.1, -0.05) is 0 Å². The van der Waals surface area contributed by atoms with Gasteiger partial charge in [0, 0.05) is 0 Å². The zero-order valence-electron chi connectivity index (χ0n) is 2.97. The van der Waals surface area contributed by atoms with Crippen molar-refractivity contribution in [1.82, 2.24) is 0 Å². The van der Waals surface area contributed by atoms with Crippen molar-refractivity contribution in [2.75, 3.05) is 0 Å². The molecule has 0 heterocycles. The van der Waals surface area contributed by atoms with E-state index in [0.717, 1.165) is 0 Å². The third-order valence-electron chi connectivity index (χ3n) is 0. The highest BCUT2D eigenvalue weighted by molar-refractivity contribution is 6.59. The molecule has 0 radical (unpaired) electrons. The van der Waals surface area contributed by atoms with Crippen LogP contribution in [-0.2, 0) is 0 Å². The summed E-state index contributed by atoms with van der Waals surface area (Å²) in [4.78, 5) is 16.0. The van der Waals surface area contributed by atoms with Crippen LogP contribution in [-0.4, -0.2) is 18.3 Å². The van der Waals surface area contributed by atoms with Gasteiger partial charge in [-0.25, -0.2) is 0 Å². The predicted octanol–water partition coefficient (Wildman–Crippen LogP) is -1.50. The Morgan fingerprint density at radius 2 is 1.60 bits per heavy atom. The first-order chi connectivity index (χ1) is 2.00. The summed E-state index contributed by atoms with van der Waals surface area (Å²) in [6.45, 7) is 1.22. The van der Waals surface area contributed by atoms with Gasteiger partial charge in [0.05, 0.1) is 0 Å². The van der Waals surface area contributed by atoms with E-state index < -0.39 is 8.72 Å². The normalized spacial score (nSPS) is 12.0. The van der Waals surface area contributed by atoms with E-state index in [2.05, 4.69) is 5.40 Å². The smallest absolute Gasteiger partial charge is 0.399 e. The number of hydrogen-bond acceptors (Lipinski definition) is 3. The molecule has 0 saturated carbocycles. The van der Waals surface area contributed by atoms with Crippen LogP contribution in [0.3, 0.4) is 0 Å². The van der Waals surface area contributed by atoms with Crippen molar-refractivity contribution in [1.29, 1.82) is 0 Å². The van der Waals surface area contributed by atoms with Crippen molar-refractivity contribution in [2.45, 2.75) is 6.55 Å². The topological polar surface area (TPSA) is 66.5 Å². The molecule has 0 aliphatic heterocycles. The first-order valence-electron chi connectivity index (χ1n) is 1.24. The van der Waals surface area contributed by atoms with Gasteiger partial charge in [-0.15, -0.1) is 0 Å². The highest BCUT2D eigenvalue weighted by atomic mass is 28.4. The molecule has 0 aromatic rings. The van der Waals surface area contributed by atoms with Crippen molar-refractivity contribution in [3.8, 4) is 0 Å². The van der Waals surface area contributed by atoms with Crippen LogP contribution in [0.5, 0.6) is 0 Å². The molecule has 0 saturated heterocycles.